The van der Waals surface area contributed by atoms with Gasteiger partial charge in [0.15, 0.2) is 0 Å². The number of nitriles is 1. The fourth-order valence-electron chi connectivity index (χ4n) is 1.44. The topological polar surface area (TPSA) is 87.2 Å². The lowest BCUT2D eigenvalue weighted by Crippen LogP contribution is -1.86. The highest BCUT2D eigenvalue weighted by Crippen LogP contribution is 2.31. The zero-order valence-electron chi connectivity index (χ0n) is 9.61. The van der Waals surface area contributed by atoms with Crippen LogP contribution in [0.2, 0.25) is 0 Å². The van der Waals surface area contributed by atoms with Gasteiger partial charge >= 0.3 is 0 Å². The van der Waals surface area contributed by atoms with Crippen LogP contribution in [-0.2, 0) is 0 Å². The summed E-state index contributed by atoms with van der Waals surface area (Å²) in [5, 5.41) is 28.7. The van der Waals surface area contributed by atoms with Crippen LogP contribution in [0, 0.1) is 21.4 Å². The van der Waals surface area contributed by atoms with Crippen LogP contribution >= 0.6 is 11.8 Å². The Labute approximate surface area is 113 Å². The number of rotatable bonds is 3. The third-order valence-corrected chi connectivity index (χ3v) is 3.37. The van der Waals surface area contributed by atoms with Crippen molar-refractivity contribution in [1.82, 2.24) is 0 Å². The molecule has 2 aromatic carbocycles. The number of non-ortho nitro benzene ring substituents is 1. The largest absolute Gasteiger partial charge is 0.507 e. The molecule has 2 rings (SSSR count). The minimum absolute atomic E-state index is 0.0350. The maximum Gasteiger partial charge on any atom is 0.269 e. The molecule has 0 aliphatic rings. The molecule has 0 aliphatic heterocycles. The maximum absolute atomic E-state index is 10.5. The Balaban J connectivity index is 2.22. The molecule has 2 aromatic rings. The van der Waals surface area contributed by atoms with Gasteiger partial charge in [-0.1, -0.05) is 11.8 Å². The summed E-state index contributed by atoms with van der Waals surface area (Å²) in [6, 6.07) is 12.7. The number of nitrogens with zero attached hydrogens (tertiary/aromatic N) is 2. The van der Waals surface area contributed by atoms with Crippen molar-refractivity contribution in [1.29, 1.82) is 5.26 Å². The summed E-state index contributed by atoms with van der Waals surface area (Å²) in [4.78, 5) is 11.7. The molecule has 6 heteroatoms. The Hall–Kier alpha value is -2.52. The number of phenolic OH excluding ortho intramolecular Hbond substituents is 1. The summed E-state index contributed by atoms with van der Waals surface area (Å²) in [6.07, 6.45) is 0. The molecule has 0 fully saturated rings. The number of phenols is 1. The highest BCUT2D eigenvalue weighted by Gasteiger charge is 2.06. The Bertz CT molecular complexity index is 663. The van der Waals surface area contributed by atoms with Crippen LogP contribution in [0.25, 0.3) is 0 Å². The van der Waals surface area contributed by atoms with Gasteiger partial charge in [-0.25, -0.2) is 0 Å². The van der Waals surface area contributed by atoms with E-state index in [1.165, 1.54) is 30.0 Å². The lowest BCUT2D eigenvalue weighted by molar-refractivity contribution is -0.384. The van der Waals surface area contributed by atoms with E-state index in [1.807, 2.05) is 6.07 Å². The van der Waals surface area contributed by atoms with E-state index in [2.05, 4.69) is 0 Å². The van der Waals surface area contributed by atoms with E-state index in [1.54, 1.807) is 24.3 Å². The molecule has 1 N–H and O–H groups in total. The lowest BCUT2D eigenvalue weighted by Gasteiger charge is -2.03. The van der Waals surface area contributed by atoms with Crippen LogP contribution in [-0.4, -0.2) is 10.0 Å². The van der Waals surface area contributed by atoms with Gasteiger partial charge < -0.3 is 5.11 Å². The van der Waals surface area contributed by atoms with Gasteiger partial charge in [-0.3, -0.25) is 10.1 Å². The van der Waals surface area contributed by atoms with E-state index < -0.39 is 4.92 Å². The summed E-state index contributed by atoms with van der Waals surface area (Å²) < 4.78 is 0. The molecule has 0 saturated carbocycles. The third kappa shape index (κ3) is 3.03. The molecule has 0 aromatic heterocycles. The van der Waals surface area contributed by atoms with Crippen LogP contribution < -0.4 is 0 Å². The molecule has 0 spiro atoms. The molecule has 0 heterocycles. The predicted molar refractivity (Wildman–Crippen MR) is 70.0 cm³/mol. The van der Waals surface area contributed by atoms with E-state index in [9.17, 15) is 15.2 Å². The minimum Gasteiger partial charge on any atom is -0.507 e. The quantitative estimate of drug-likeness (QED) is 0.684. The monoisotopic (exact) mass is 272 g/mol. The molecular weight excluding hydrogens is 264 g/mol. The molecule has 94 valence electrons. The average molecular weight is 272 g/mol. The first-order valence-electron chi connectivity index (χ1n) is 5.25. The normalized spacial score (nSPS) is 9.84. The summed E-state index contributed by atoms with van der Waals surface area (Å²) >= 11 is 1.36. The van der Waals surface area contributed by atoms with Gasteiger partial charge in [0.2, 0.25) is 0 Å². The third-order valence-electron chi connectivity index (χ3n) is 2.37. The standard InChI is InChI=1S/C13H8N2O3S/c14-8-9-7-12(5-6-13(9)16)19-11-3-1-10(2-4-11)15(17)18/h1-7,16H. The predicted octanol–water partition coefficient (Wildman–Crippen LogP) is 3.32. The minimum atomic E-state index is -0.456. The van der Waals surface area contributed by atoms with E-state index in [0.29, 0.717) is 0 Å². The number of benzene rings is 2. The average Bonchev–Trinajstić information content (AvgIpc) is 2.41. The van der Waals surface area contributed by atoms with Crippen LogP contribution in [0.1, 0.15) is 5.56 Å². The Morgan fingerprint density at radius 2 is 1.79 bits per heavy atom. The molecule has 0 bridgehead atoms. The second-order valence-corrected chi connectivity index (χ2v) is 4.79. The Kier molecular flexibility index (Phi) is 3.68. The van der Waals surface area contributed by atoms with Crippen molar-refractivity contribution in [3.05, 3.63) is 58.1 Å². The molecule has 0 saturated heterocycles. The number of nitro groups is 1. The highest BCUT2D eigenvalue weighted by atomic mass is 32.2. The van der Waals surface area contributed by atoms with Crippen LogP contribution in [0.3, 0.4) is 0 Å². The number of hydrogen-bond acceptors (Lipinski definition) is 5. The van der Waals surface area contributed by atoms with Crippen LogP contribution in [0.4, 0.5) is 5.69 Å². The molecule has 19 heavy (non-hydrogen) atoms. The summed E-state index contributed by atoms with van der Waals surface area (Å²) in [6.45, 7) is 0. The highest BCUT2D eigenvalue weighted by molar-refractivity contribution is 7.99. The Morgan fingerprint density at radius 3 is 2.37 bits per heavy atom. The second kappa shape index (κ2) is 5.42. The number of hydrogen-bond donors (Lipinski definition) is 1. The lowest BCUT2D eigenvalue weighted by atomic mass is 10.2. The molecular formula is C13H8N2O3S. The van der Waals surface area contributed by atoms with Gasteiger partial charge in [-0.15, -0.1) is 0 Å². The van der Waals surface area contributed by atoms with E-state index in [0.717, 1.165) is 9.79 Å². The first kappa shape index (κ1) is 12.9. The Morgan fingerprint density at radius 1 is 1.16 bits per heavy atom. The zero-order chi connectivity index (χ0) is 13.8. The van der Waals surface area contributed by atoms with E-state index >= 15 is 0 Å². The van der Waals surface area contributed by atoms with Gasteiger partial charge in [0.25, 0.3) is 5.69 Å². The summed E-state index contributed by atoms with van der Waals surface area (Å²) in [5.74, 6) is -0.0597. The smallest absolute Gasteiger partial charge is 0.269 e. The van der Waals surface area contributed by atoms with Crippen molar-refractivity contribution >= 4 is 17.4 Å². The molecule has 0 aliphatic carbocycles. The number of aromatic hydroxyl groups is 1. The van der Waals surface area contributed by atoms with Crippen molar-refractivity contribution < 1.29 is 10.0 Å². The van der Waals surface area contributed by atoms with Gasteiger partial charge in [0.05, 0.1) is 10.5 Å². The number of nitro benzene ring substituents is 1. The van der Waals surface area contributed by atoms with Crippen molar-refractivity contribution in [2.75, 3.05) is 0 Å². The fraction of sp³-hybridized carbons (Fsp3) is 0. The van der Waals surface area contributed by atoms with Gasteiger partial charge in [0.1, 0.15) is 11.8 Å². The van der Waals surface area contributed by atoms with Crippen molar-refractivity contribution in [3.8, 4) is 11.8 Å². The molecule has 0 atom stereocenters. The zero-order valence-corrected chi connectivity index (χ0v) is 10.4. The van der Waals surface area contributed by atoms with Gasteiger partial charge in [-0.05, 0) is 30.3 Å². The first-order chi connectivity index (χ1) is 9.10. The SMILES string of the molecule is N#Cc1cc(Sc2ccc([N+](=O)[O-])cc2)ccc1O. The van der Waals surface area contributed by atoms with Crippen molar-refractivity contribution in [2.45, 2.75) is 9.79 Å². The van der Waals surface area contributed by atoms with Crippen molar-refractivity contribution in [2.24, 2.45) is 0 Å². The summed E-state index contributed by atoms with van der Waals surface area (Å²) in [5.41, 5.74) is 0.236. The van der Waals surface area contributed by atoms with Crippen LogP contribution in [0.15, 0.2) is 52.3 Å². The molecule has 0 unspecified atom stereocenters. The van der Waals surface area contributed by atoms with Crippen molar-refractivity contribution in [3.63, 3.8) is 0 Å². The maximum atomic E-state index is 10.5. The van der Waals surface area contributed by atoms with E-state index in [4.69, 9.17) is 5.26 Å². The summed E-state index contributed by atoms with van der Waals surface area (Å²) in [7, 11) is 0. The van der Waals surface area contributed by atoms with E-state index in [-0.39, 0.29) is 17.0 Å². The molecule has 0 radical (unpaired) electrons. The van der Waals surface area contributed by atoms with Gasteiger partial charge in [-0.2, -0.15) is 5.26 Å². The molecule has 0 amide bonds. The second-order valence-electron chi connectivity index (χ2n) is 3.64. The van der Waals surface area contributed by atoms with Gasteiger partial charge in [0, 0.05) is 21.9 Å². The molecule has 5 nitrogen and oxygen atoms in total. The van der Waals surface area contributed by atoms with Crippen LogP contribution in [0.5, 0.6) is 5.75 Å². The first-order valence-corrected chi connectivity index (χ1v) is 6.07. The fourth-order valence-corrected chi connectivity index (χ4v) is 2.30.